The number of fused-ring (bicyclic) bond motifs is 12. The molecule has 0 amide bonds. The lowest BCUT2D eigenvalue weighted by atomic mass is 9.65. The van der Waals surface area contributed by atoms with Gasteiger partial charge in [-0.2, -0.15) is 0 Å². The van der Waals surface area contributed by atoms with Gasteiger partial charge in [-0.1, -0.05) is 140 Å². The number of aromatic nitrogens is 3. The van der Waals surface area contributed by atoms with Crippen molar-refractivity contribution >= 4 is 27.4 Å². The Morgan fingerprint density at radius 3 is 1.98 bits per heavy atom. The molecular formula is C47H31N3. The van der Waals surface area contributed by atoms with Crippen molar-refractivity contribution in [2.75, 3.05) is 0 Å². The molecule has 50 heavy (non-hydrogen) atoms. The van der Waals surface area contributed by atoms with Crippen molar-refractivity contribution in [3.05, 3.63) is 192 Å². The van der Waals surface area contributed by atoms with Crippen LogP contribution in [0.15, 0.2) is 164 Å². The van der Waals surface area contributed by atoms with E-state index in [0.717, 1.165) is 46.8 Å². The minimum atomic E-state index is -0.505. The molecule has 3 aliphatic rings. The minimum Gasteiger partial charge on any atom is -0.309 e. The van der Waals surface area contributed by atoms with Gasteiger partial charge in [-0.15, -0.1) is 0 Å². The van der Waals surface area contributed by atoms with Crippen LogP contribution in [-0.4, -0.2) is 14.5 Å². The molecule has 6 aromatic carbocycles. The van der Waals surface area contributed by atoms with Gasteiger partial charge in [0.2, 0.25) is 0 Å². The Kier molecular flexibility index (Phi) is 5.71. The number of para-hydroxylation sites is 2. The molecule has 3 nitrogen and oxygen atoms in total. The highest BCUT2D eigenvalue weighted by atomic mass is 15.0. The van der Waals surface area contributed by atoms with Crippen LogP contribution in [0, 0.1) is 0 Å². The van der Waals surface area contributed by atoms with E-state index in [-0.39, 0.29) is 0 Å². The standard InChI is InChI=1S/C47H31N3/c1-3-14-30(15-4-1)41-29-42(49-46(48-41)31-16-5-2-6-17-31)32-26-27-44-40(28-32)47(37-22-10-7-18-33(37)34-19-8-11-23-38(34)47)39-24-13-21-36-35-20-9-12-25-43(35)50(44)45(36)39/h1,3-5,7-29H,2,6H2. The highest BCUT2D eigenvalue weighted by Crippen LogP contribution is 2.61. The second-order valence-corrected chi connectivity index (χ2v) is 13.6. The lowest BCUT2D eigenvalue weighted by molar-refractivity contribution is 0.749. The summed E-state index contributed by atoms with van der Waals surface area (Å²) in [6.07, 6.45) is 8.71. The topological polar surface area (TPSA) is 30.7 Å². The van der Waals surface area contributed by atoms with Gasteiger partial charge in [-0.3, -0.25) is 0 Å². The molecule has 1 spiro atoms. The maximum absolute atomic E-state index is 5.29. The molecule has 0 radical (unpaired) electrons. The van der Waals surface area contributed by atoms with Crippen LogP contribution in [0.25, 0.3) is 66.7 Å². The summed E-state index contributed by atoms with van der Waals surface area (Å²) < 4.78 is 2.51. The Balaban J connectivity index is 1.26. The number of rotatable bonds is 3. The molecule has 1 aliphatic heterocycles. The van der Waals surface area contributed by atoms with Crippen molar-refractivity contribution in [3.63, 3.8) is 0 Å². The lowest BCUT2D eigenvalue weighted by Crippen LogP contribution is -2.33. The third-order valence-corrected chi connectivity index (χ3v) is 11.0. The van der Waals surface area contributed by atoms with Gasteiger partial charge in [-0.05, 0) is 70.5 Å². The van der Waals surface area contributed by atoms with E-state index in [0.29, 0.717) is 0 Å². The van der Waals surface area contributed by atoms with Crippen molar-refractivity contribution < 1.29 is 0 Å². The molecule has 3 heteroatoms. The molecule has 0 atom stereocenters. The van der Waals surface area contributed by atoms with Gasteiger partial charge in [0.05, 0.1) is 33.5 Å². The average molecular weight is 638 g/mol. The summed E-state index contributed by atoms with van der Waals surface area (Å²) in [5.74, 6) is 0.768. The summed E-state index contributed by atoms with van der Waals surface area (Å²) in [6, 6.07) is 53.5. The molecule has 3 heterocycles. The van der Waals surface area contributed by atoms with Gasteiger partial charge >= 0.3 is 0 Å². The van der Waals surface area contributed by atoms with E-state index in [4.69, 9.17) is 9.97 Å². The second kappa shape index (κ2) is 10.3. The van der Waals surface area contributed by atoms with Crippen molar-refractivity contribution in [1.82, 2.24) is 14.5 Å². The number of hydrogen-bond donors (Lipinski definition) is 0. The van der Waals surface area contributed by atoms with Crippen LogP contribution in [0.4, 0.5) is 0 Å². The SMILES string of the molecule is C1=CC(c2nc(-c3ccccc3)cc(-c3ccc4c(c3)C3(c5ccccc5-c5ccccc53)c3cccc5c6ccccc6n-4c35)n2)=CCC1. The zero-order valence-electron chi connectivity index (χ0n) is 27.3. The van der Waals surface area contributed by atoms with Crippen LogP contribution >= 0.6 is 0 Å². The Morgan fingerprint density at radius 2 is 1.20 bits per heavy atom. The van der Waals surface area contributed by atoms with E-state index in [2.05, 4.69) is 168 Å². The first-order valence-corrected chi connectivity index (χ1v) is 17.5. The zero-order valence-corrected chi connectivity index (χ0v) is 27.3. The Bertz CT molecular complexity index is 2720. The van der Waals surface area contributed by atoms with Crippen LogP contribution in [-0.2, 0) is 5.41 Å². The van der Waals surface area contributed by atoms with Crippen LogP contribution in [0.1, 0.15) is 40.9 Å². The van der Waals surface area contributed by atoms with Crippen LogP contribution in [0.5, 0.6) is 0 Å². The molecule has 0 saturated heterocycles. The molecule has 0 bridgehead atoms. The maximum Gasteiger partial charge on any atom is 0.160 e. The highest BCUT2D eigenvalue weighted by Gasteiger charge is 2.50. The monoisotopic (exact) mass is 637 g/mol. The predicted octanol–water partition coefficient (Wildman–Crippen LogP) is 11.3. The second-order valence-electron chi connectivity index (χ2n) is 13.6. The zero-order chi connectivity index (χ0) is 32.8. The molecule has 8 aromatic rings. The largest absolute Gasteiger partial charge is 0.309 e. The van der Waals surface area contributed by atoms with Crippen LogP contribution in [0.2, 0.25) is 0 Å². The summed E-state index contributed by atoms with van der Waals surface area (Å²) in [5.41, 5.74) is 16.2. The molecule has 0 saturated carbocycles. The normalized spacial score (nSPS) is 14.8. The highest BCUT2D eigenvalue weighted by molar-refractivity contribution is 6.13. The Hall–Kier alpha value is -6.32. The van der Waals surface area contributed by atoms with E-state index in [1.165, 1.54) is 60.9 Å². The van der Waals surface area contributed by atoms with Gasteiger partial charge < -0.3 is 4.57 Å². The molecule has 0 fully saturated rings. The third kappa shape index (κ3) is 3.64. The number of hydrogen-bond acceptors (Lipinski definition) is 2. The molecule has 11 rings (SSSR count). The predicted molar refractivity (Wildman–Crippen MR) is 204 cm³/mol. The quantitative estimate of drug-likeness (QED) is 0.193. The molecule has 2 aromatic heterocycles. The van der Waals surface area contributed by atoms with E-state index in [1.807, 2.05) is 0 Å². The Morgan fingerprint density at radius 1 is 0.520 bits per heavy atom. The van der Waals surface area contributed by atoms with Crippen LogP contribution in [0.3, 0.4) is 0 Å². The van der Waals surface area contributed by atoms with Crippen LogP contribution < -0.4 is 0 Å². The van der Waals surface area contributed by atoms with Gasteiger partial charge in [-0.25, -0.2) is 9.97 Å². The molecule has 234 valence electrons. The summed E-state index contributed by atoms with van der Waals surface area (Å²) in [7, 11) is 0. The fraction of sp³-hybridized carbons (Fsp3) is 0.0638. The average Bonchev–Trinajstić information content (AvgIpc) is 3.69. The summed E-state index contributed by atoms with van der Waals surface area (Å²) in [6.45, 7) is 0. The maximum atomic E-state index is 5.29. The van der Waals surface area contributed by atoms with Crippen molar-refractivity contribution in [2.45, 2.75) is 18.3 Å². The van der Waals surface area contributed by atoms with Crippen molar-refractivity contribution in [3.8, 4) is 39.3 Å². The third-order valence-electron chi connectivity index (χ3n) is 11.0. The fourth-order valence-electron chi connectivity index (χ4n) is 8.98. The van der Waals surface area contributed by atoms with Gasteiger partial charge in [0.25, 0.3) is 0 Å². The van der Waals surface area contributed by atoms with E-state index >= 15 is 0 Å². The first kappa shape index (κ1) is 27.6. The van der Waals surface area contributed by atoms with E-state index in [9.17, 15) is 0 Å². The first-order valence-electron chi connectivity index (χ1n) is 17.5. The summed E-state index contributed by atoms with van der Waals surface area (Å²) in [4.78, 5) is 10.4. The van der Waals surface area contributed by atoms with Gasteiger partial charge in [0.15, 0.2) is 5.82 Å². The molecule has 2 aliphatic carbocycles. The van der Waals surface area contributed by atoms with Gasteiger partial charge in [0, 0.05) is 27.5 Å². The van der Waals surface area contributed by atoms with Crippen molar-refractivity contribution in [2.24, 2.45) is 0 Å². The minimum absolute atomic E-state index is 0.505. The number of benzene rings is 6. The van der Waals surface area contributed by atoms with E-state index in [1.54, 1.807) is 0 Å². The lowest BCUT2D eigenvalue weighted by Gasteiger charge is -2.39. The van der Waals surface area contributed by atoms with Gasteiger partial charge in [0.1, 0.15) is 0 Å². The Labute approximate surface area is 290 Å². The summed E-state index contributed by atoms with van der Waals surface area (Å²) >= 11 is 0. The molecular weight excluding hydrogens is 607 g/mol. The summed E-state index contributed by atoms with van der Waals surface area (Å²) in [5, 5.41) is 2.56. The fourth-order valence-corrected chi connectivity index (χ4v) is 8.98. The van der Waals surface area contributed by atoms with E-state index < -0.39 is 5.41 Å². The van der Waals surface area contributed by atoms with Crippen molar-refractivity contribution in [1.29, 1.82) is 0 Å². The molecule has 0 N–H and O–H groups in total. The smallest absolute Gasteiger partial charge is 0.160 e. The molecule has 0 unspecified atom stereocenters. The number of nitrogens with zero attached hydrogens (tertiary/aromatic N) is 3. The number of allylic oxidation sites excluding steroid dienone is 4. The first-order chi connectivity index (χ1) is 24.8.